The van der Waals surface area contributed by atoms with Crippen molar-refractivity contribution in [3.05, 3.63) is 28.9 Å². The fraction of sp³-hybridized carbons (Fsp3) is 0.600. The quantitative estimate of drug-likeness (QED) is 0.859. The van der Waals surface area contributed by atoms with Crippen LogP contribution in [0.5, 0.6) is 0 Å². The van der Waals surface area contributed by atoms with Crippen LogP contribution in [0.15, 0.2) is 32.0 Å². The highest BCUT2D eigenvalue weighted by molar-refractivity contribution is 5.42. The number of hydrogen-bond donors (Lipinski definition) is 1. The second-order valence-electron chi connectivity index (χ2n) is 5.96. The monoisotopic (exact) mass is 323 g/mol. The van der Waals surface area contributed by atoms with E-state index in [2.05, 4.69) is 10.00 Å². The van der Waals surface area contributed by atoms with Gasteiger partial charge in [0.1, 0.15) is 0 Å². The Morgan fingerprint density at radius 3 is 2.74 bits per heavy atom. The minimum atomic E-state index is -0.722. The number of aliphatic hydroxyl groups excluding tert-OH is 1. The molecule has 2 aromatic rings. The Balaban J connectivity index is 1.62. The van der Waals surface area contributed by atoms with E-state index in [9.17, 15) is 9.90 Å². The first-order valence-corrected chi connectivity index (χ1v) is 7.69. The highest BCUT2D eigenvalue weighted by Gasteiger charge is 2.24. The van der Waals surface area contributed by atoms with Gasteiger partial charge in [-0.15, -0.1) is 5.10 Å². The van der Waals surface area contributed by atoms with Crippen LogP contribution < -0.4 is 5.76 Å². The largest absolute Gasteiger partial charge is 0.459 e. The summed E-state index contributed by atoms with van der Waals surface area (Å²) in [6.07, 6.45) is 1.02. The molecule has 1 N–H and O–H groups in total. The van der Waals surface area contributed by atoms with Crippen molar-refractivity contribution in [3.8, 4) is 11.7 Å². The molecule has 0 radical (unpaired) electrons. The van der Waals surface area contributed by atoms with Gasteiger partial charge >= 0.3 is 5.76 Å². The fourth-order valence-corrected chi connectivity index (χ4v) is 2.91. The maximum absolute atomic E-state index is 11.8. The van der Waals surface area contributed by atoms with Gasteiger partial charge in [-0.25, -0.2) is 4.79 Å². The van der Waals surface area contributed by atoms with Crippen LogP contribution in [0.25, 0.3) is 11.7 Å². The van der Waals surface area contributed by atoms with Gasteiger partial charge < -0.3 is 18.7 Å². The summed E-state index contributed by atoms with van der Waals surface area (Å²) < 4.78 is 17.0. The molecular weight excluding hydrogens is 302 g/mol. The van der Waals surface area contributed by atoms with Gasteiger partial charge in [0.15, 0.2) is 5.76 Å². The van der Waals surface area contributed by atoms with Crippen LogP contribution in [0.2, 0.25) is 0 Å². The van der Waals surface area contributed by atoms with Crippen LogP contribution in [-0.4, -0.2) is 57.7 Å². The summed E-state index contributed by atoms with van der Waals surface area (Å²) in [5.74, 6) is -0.119. The number of furan rings is 1. The Morgan fingerprint density at radius 2 is 2.09 bits per heavy atom. The van der Waals surface area contributed by atoms with E-state index < -0.39 is 11.9 Å². The second-order valence-corrected chi connectivity index (χ2v) is 5.96. The van der Waals surface area contributed by atoms with E-state index in [4.69, 9.17) is 13.6 Å². The minimum absolute atomic E-state index is 0.0726. The predicted octanol–water partition coefficient (Wildman–Crippen LogP) is 0.566. The lowest BCUT2D eigenvalue weighted by molar-refractivity contribution is -0.0775. The molecule has 1 fully saturated rings. The van der Waals surface area contributed by atoms with Gasteiger partial charge in [0.25, 0.3) is 5.89 Å². The van der Waals surface area contributed by atoms with E-state index in [1.165, 1.54) is 6.26 Å². The zero-order valence-electron chi connectivity index (χ0n) is 13.2. The van der Waals surface area contributed by atoms with Crippen molar-refractivity contribution in [2.45, 2.75) is 38.7 Å². The molecule has 8 heteroatoms. The highest BCUT2D eigenvalue weighted by atomic mass is 16.5. The van der Waals surface area contributed by atoms with Crippen molar-refractivity contribution >= 4 is 0 Å². The maximum Gasteiger partial charge on any atom is 0.437 e. The van der Waals surface area contributed by atoms with E-state index in [1.807, 2.05) is 13.8 Å². The van der Waals surface area contributed by atoms with Crippen molar-refractivity contribution in [1.82, 2.24) is 14.7 Å². The Kier molecular flexibility index (Phi) is 4.65. The molecule has 0 bridgehead atoms. The Morgan fingerprint density at radius 1 is 1.35 bits per heavy atom. The molecule has 1 aliphatic rings. The maximum atomic E-state index is 11.8. The second kappa shape index (κ2) is 6.69. The van der Waals surface area contributed by atoms with Crippen LogP contribution in [0.4, 0.5) is 0 Å². The smallest absolute Gasteiger partial charge is 0.437 e. The lowest BCUT2D eigenvalue weighted by Crippen LogP contribution is -2.48. The standard InChI is InChI=1S/C15H21N3O5/c1-10-6-17(7-11(2)22-10)8-12(19)9-18-15(20)23-14(16-18)13-4-3-5-21-13/h3-5,10-12,19H,6-9H2,1-2H3/t10-,11+,12-/m0/s1. The summed E-state index contributed by atoms with van der Waals surface area (Å²) in [7, 11) is 0. The minimum Gasteiger partial charge on any atom is -0.459 e. The van der Waals surface area contributed by atoms with E-state index in [0.717, 1.165) is 17.8 Å². The number of hydrogen-bond acceptors (Lipinski definition) is 7. The molecule has 3 atom stereocenters. The molecule has 0 aromatic carbocycles. The van der Waals surface area contributed by atoms with Crippen LogP contribution in [-0.2, 0) is 11.3 Å². The van der Waals surface area contributed by atoms with E-state index in [0.29, 0.717) is 12.3 Å². The molecule has 0 amide bonds. The lowest BCUT2D eigenvalue weighted by Gasteiger charge is -2.36. The summed E-state index contributed by atoms with van der Waals surface area (Å²) >= 11 is 0. The van der Waals surface area contributed by atoms with Crippen molar-refractivity contribution < 1.29 is 18.7 Å². The van der Waals surface area contributed by atoms with Crippen molar-refractivity contribution in [3.63, 3.8) is 0 Å². The molecule has 1 aliphatic heterocycles. The van der Waals surface area contributed by atoms with Crippen LogP contribution in [0, 0.1) is 0 Å². The van der Waals surface area contributed by atoms with Gasteiger partial charge in [0.05, 0.1) is 31.1 Å². The van der Waals surface area contributed by atoms with Gasteiger partial charge in [0, 0.05) is 19.6 Å². The van der Waals surface area contributed by atoms with E-state index in [-0.39, 0.29) is 24.6 Å². The first-order valence-electron chi connectivity index (χ1n) is 7.69. The topological polar surface area (TPSA) is 93.9 Å². The summed E-state index contributed by atoms with van der Waals surface area (Å²) in [5.41, 5.74) is 0. The van der Waals surface area contributed by atoms with E-state index >= 15 is 0 Å². The third-order valence-corrected chi connectivity index (χ3v) is 3.69. The van der Waals surface area contributed by atoms with Gasteiger partial charge in [-0.3, -0.25) is 4.90 Å². The van der Waals surface area contributed by atoms with Crippen LogP contribution in [0.1, 0.15) is 13.8 Å². The van der Waals surface area contributed by atoms with Crippen molar-refractivity contribution in [2.75, 3.05) is 19.6 Å². The lowest BCUT2D eigenvalue weighted by atomic mass is 10.2. The first kappa shape index (κ1) is 16.0. The third-order valence-electron chi connectivity index (χ3n) is 3.69. The van der Waals surface area contributed by atoms with Gasteiger partial charge in [0.2, 0.25) is 0 Å². The first-order chi connectivity index (χ1) is 11.0. The summed E-state index contributed by atoms with van der Waals surface area (Å²) in [5, 5.41) is 14.3. The molecule has 0 saturated carbocycles. The Labute approximate surface area is 133 Å². The molecule has 3 heterocycles. The number of nitrogens with zero attached hydrogens (tertiary/aromatic N) is 3. The average Bonchev–Trinajstić information content (AvgIpc) is 3.08. The number of aliphatic hydroxyl groups is 1. The van der Waals surface area contributed by atoms with Crippen LogP contribution >= 0.6 is 0 Å². The number of morpholine rings is 1. The number of rotatable bonds is 5. The average molecular weight is 323 g/mol. The molecule has 0 unspecified atom stereocenters. The molecule has 3 rings (SSSR count). The molecule has 0 spiro atoms. The normalized spacial score (nSPS) is 24.0. The predicted molar refractivity (Wildman–Crippen MR) is 80.9 cm³/mol. The zero-order valence-corrected chi connectivity index (χ0v) is 13.2. The summed E-state index contributed by atoms with van der Waals surface area (Å²) in [4.78, 5) is 13.9. The third kappa shape index (κ3) is 3.90. The van der Waals surface area contributed by atoms with E-state index in [1.54, 1.807) is 12.1 Å². The Hall–Kier alpha value is -1.90. The van der Waals surface area contributed by atoms with Gasteiger partial charge in [-0.05, 0) is 26.0 Å². The Bertz CT molecular complexity index is 668. The molecule has 23 heavy (non-hydrogen) atoms. The van der Waals surface area contributed by atoms with Crippen LogP contribution in [0.3, 0.4) is 0 Å². The summed E-state index contributed by atoms with van der Waals surface area (Å²) in [6, 6.07) is 3.34. The molecule has 1 saturated heterocycles. The number of ether oxygens (including phenoxy) is 1. The van der Waals surface area contributed by atoms with Gasteiger partial charge in [-0.2, -0.15) is 4.68 Å². The molecule has 0 aliphatic carbocycles. The molecule has 126 valence electrons. The number of aromatic nitrogens is 2. The van der Waals surface area contributed by atoms with Crippen molar-refractivity contribution in [1.29, 1.82) is 0 Å². The fourth-order valence-electron chi connectivity index (χ4n) is 2.91. The zero-order chi connectivity index (χ0) is 16.4. The highest BCUT2D eigenvalue weighted by Crippen LogP contribution is 2.15. The van der Waals surface area contributed by atoms with Gasteiger partial charge in [-0.1, -0.05) is 0 Å². The molecular formula is C15H21N3O5. The number of β-amino-alcohol motifs (C(OH)–C–C–N with tert-alkyl or cyclic N) is 1. The molecule has 8 nitrogen and oxygen atoms in total. The summed E-state index contributed by atoms with van der Waals surface area (Å²) in [6.45, 7) is 6.05. The molecule has 2 aromatic heterocycles. The van der Waals surface area contributed by atoms with Crippen molar-refractivity contribution in [2.24, 2.45) is 0 Å². The SMILES string of the molecule is C[C@@H]1CN(C[C@H](O)Cn2nc(-c3ccco3)oc2=O)C[C@H](C)O1.